The maximum absolute atomic E-state index is 14.1. The first-order valence-electron chi connectivity index (χ1n) is 15.0. The molecular formula is C34H37FN4O3. The third kappa shape index (κ3) is 5.30. The van der Waals surface area contributed by atoms with Gasteiger partial charge in [-0.15, -0.1) is 0 Å². The average molecular weight is 569 g/mol. The van der Waals surface area contributed by atoms with E-state index in [1.54, 1.807) is 6.07 Å². The number of likely N-dealkylation sites (tertiary alicyclic amines) is 1. The van der Waals surface area contributed by atoms with Crippen molar-refractivity contribution in [1.29, 1.82) is 0 Å². The van der Waals surface area contributed by atoms with E-state index in [-0.39, 0.29) is 17.5 Å². The number of piperidine rings is 1. The van der Waals surface area contributed by atoms with Crippen LogP contribution in [0.3, 0.4) is 0 Å². The van der Waals surface area contributed by atoms with Gasteiger partial charge in [0.1, 0.15) is 18.2 Å². The molecule has 0 bridgehead atoms. The van der Waals surface area contributed by atoms with Crippen LogP contribution in [0.15, 0.2) is 65.5 Å². The number of aromatic amines is 1. The Morgan fingerprint density at radius 2 is 1.81 bits per heavy atom. The van der Waals surface area contributed by atoms with Gasteiger partial charge in [-0.1, -0.05) is 30.3 Å². The standard InChI is InChI=1S/C34H37FN4O3/c1-23(21-37-14-16-41-17-15-37)38-12-10-27(11-13-38)39-32-9-6-24(19-31(32)36-34(39)40)18-30-28-5-3-2-4-25(28)22-42-33-20-26(35)7-8-29(30)33/h2-9,18-20,23,27H,10-17,21-22H2,1H3,(H,36,40). The van der Waals surface area contributed by atoms with Crippen molar-refractivity contribution in [2.24, 2.45) is 0 Å². The summed E-state index contributed by atoms with van der Waals surface area (Å²) in [7, 11) is 0. The van der Waals surface area contributed by atoms with Crippen LogP contribution in [0.25, 0.3) is 22.7 Å². The molecule has 3 aliphatic heterocycles. The molecule has 1 atom stereocenters. The fraction of sp³-hybridized carbons (Fsp3) is 0.382. The molecule has 1 unspecified atom stereocenters. The summed E-state index contributed by atoms with van der Waals surface area (Å²) < 4.78 is 27.5. The molecule has 0 spiro atoms. The molecule has 0 saturated carbocycles. The van der Waals surface area contributed by atoms with Gasteiger partial charge < -0.3 is 14.5 Å². The Hall–Kier alpha value is -3.72. The first-order chi connectivity index (χ1) is 20.5. The zero-order valence-electron chi connectivity index (χ0n) is 24.0. The third-order valence-corrected chi connectivity index (χ3v) is 9.09. The van der Waals surface area contributed by atoms with Crippen LogP contribution in [0.5, 0.6) is 5.75 Å². The molecule has 1 N–H and O–H groups in total. The van der Waals surface area contributed by atoms with Gasteiger partial charge in [0.15, 0.2) is 0 Å². The number of halogens is 1. The highest BCUT2D eigenvalue weighted by molar-refractivity contribution is 5.95. The Labute approximate surface area is 245 Å². The second-order valence-electron chi connectivity index (χ2n) is 11.8. The molecule has 0 aliphatic carbocycles. The van der Waals surface area contributed by atoms with Gasteiger partial charge in [-0.2, -0.15) is 0 Å². The van der Waals surface area contributed by atoms with Crippen LogP contribution >= 0.6 is 0 Å². The summed E-state index contributed by atoms with van der Waals surface area (Å²) in [4.78, 5) is 21.4. The number of nitrogens with zero attached hydrogens (tertiary/aromatic N) is 3. The average Bonchev–Trinajstić information content (AvgIpc) is 3.26. The fourth-order valence-corrected chi connectivity index (χ4v) is 6.83. The lowest BCUT2D eigenvalue weighted by Gasteiger charge is -2.39. The highest BCUT2D eigenvalue weighted by Gasteiger charge is 2.27. The Bertz CT molecular complexity index is 1680. The third-order valence-electron chi connectivity index (χ3n) is 9.09. The van der Waals surface area contributed by atoms with Crippen LogP contribution in [-0.2, 0) is 11.3 Å². The molecule has 2 fully saturated rings. The number of H-pyrrole nitrogens is 1. The molecule has 3 aromatic carbocycles. The minimum Gasteiger partial charge on any atom is -0.488 e. The van der Waals surface area contributed by atoms with E-state index in [0.29, 0.717) is 18.4 Å². The van der Waals surface area contributed by atoms with Crippen LogP contribution in [0.2, 0.25) is 0 Å². The van der Waals surface area contributed by atoms with Crippen molar-refractivity contribution >= 4 is 22.7 Å². The van der Waals surface area contributed by atoms with E-state index in [1.807, 2.05) is 28.8 Å². The molecule has 7 nitrogen and oxygen atoms in total. The van der Waals surface area contributed by atoms with E-state index in [0.717, 1.165) is 97.6 Å². The predicted octanol–water partition coefficient (Wildman–Crippen LogP) is 5.31. The highest BCUT2D eigenvalue weighted by Crippen LogP contribution is 2.38. The largest absolute Gasteiger partial charge is 0.488 e. The Morgan fingerprint density at radius 1 is 1.00 bits per heavy atom. The number of nitrogens with one attached hydrogen (secondary N) is 1. The highest BCUT2D eigenvalue weighted by atomic mass is 19.1. The second kappa shape index (κ2) is 11.5. The number of benzene rings is 3. The molecule has 0 amide bonds. The molecular weight excluding hydrogens is 531 g/mol. The Kier molecular flexibility index (Phi) is 7.44. The number of fused-ring (bicyclic) bond motifs is 3. The molecule has 2 saturated heterocycles. The summed E-state index contributed by atoms with van der Waals surface area (Å²) in [6, 6.07) is 19.6. The predicted molar refractivity (Wildman–Crippen MR) is 163 cm³/mol. The van der Waals surface area contributed by atoms with E-state index >= 15 is 0 Å². The SMILES string of the molecule is CC(CN1CCOCC1)N1CCC(n2c(=O)[nH]c3cc(C=C4c5ccccc5COc5cc(F)ccc54)ccc32)CC1. The lowest BCUT2D eigenvalue weighted by molar-refractivity contribution is 0.0208. The minimum atomic E-state index is -0.322. The zero-order chi connectivity index (χ0) is 28.6. The van der Waals surface area contributed by atoms with Gasteiger partial charge in [0.2, 0.25) is 0 Å². The maximum Gasteiger partial charge on any atom is 0.326 e. The topological polar surface area (TPSA) is 62.7 Å². The van der Waals surface area contributed by atoms with Gasteiger partial charge in [0.05, 0.1) is 24.2 Å². The van der Waals surface area contributed by atoms with Crippen molar-refractivity contribution in [3.8, 4) is 5.75 Å². The van der Waals surface area contributed by atoms with Crippen molar-refractivity contribution in [1.82, 2.24) is 19.4 Å². The van der Waals surface area contributed by atoms with Gasteiger partial charge in [0.25, 0.3) is 0 Å². The molecule has 3 aliphatic rings. The van der Waals surface area contributed by atoms with Crippen molar-refractivity contribution < 1.29 is 13.9 Å². The number of ether oxygens (including phenoxy) is 2. The van der Waals surface area contributed by atoms with Crippen LogP contribution in [0.1, 0.15) is 48.1 Å². The summed E-state index contributed by atoms with van der Waals surface area (Å²) in [5.74, 6) is 0.209. The number of rotatable bonds is 5. The number of imidazole rings is 1. The van der Waals surface area contributed by atoms with E-state index in [9.17, 15) is 9.18 Å². The van der Waals surface area contributed by atoms with Crippen LogP contribution in [0.4, 0.5) is 4.39 Å². The summed E-state index contributed by atoms with van der Waals surface area (Å²) in [6.07, 6.45) is 4.01. The lowest BCUT2D eigenvalue weighted by Crippen LogP contribution is -2.48. The molecule has 7 rings (SSSR count). The number of morpholine rings is 1. The zero-order valence-corrected chi connectivity index (χ0v) is 24.0. The molecule has 218 valence electrons. The monoisotopic (exact) mass is 568 g/mol. The normalized spacial score (nSPS) is 20.2. The molecule has 1 aromatic heterocycles. The molecule has 4 aromatic rings. The summed E-state index contributed by atoms with van der Waals surface area (Å²) in [5, 5.41) is 0. The van der Waals surface area contributed by atoms with Crippen molar-refractivity contribution in [3.05, 3.63) is 99.2 Å². The van der Waals surface area contributed by atoms with Gasteiger partial charge in [-0.05, 0) is 72.4 Å². The number of hydrogen-bond donors (Lipinski definition) is 1. The van der Waals surface area contributed by atoms with Crippen molar-refractivity contribution in [3.63, 3.8) is 0 Å². The van der Waals surface area contributed by atoms with Crippen molar-refractivity contribution in [2.75, 3.05) is 45.9 Å². The van der Waals surface area contributed by atoms with Gasteiger partial charge in [0, 0.05) is 56.4 Å². The minimum absolute atomic E-state index is 0.0522. The summed E-state index contributed by atoms with van der Waals surface area (Å²) in [5.41, 5.74) is 6.60. The number of aromatic nitrogens is 2. The first-order valence-corrected chi connectivity index (χ1v) is 15.0. The quantitative estimate of drug-likeness (QED) is 0.354. The molecule has 8 heteroatoms. The molecule has 0 radical (unpaired) electrons. The van der Waals surface area contributed by atoms with Crippen LogP contribution < -0.4 is 10.4 Å². The Balaban J connectivity index is 1.14. The van der Waals surface area contributed by atoms with Crippen molar-refractivity contribution in [2.45, 2.75) is 38.5 Å². The van der Waals surface area contributed by atoms with Gasteiger partial charge in [-0.3, -0.25) is 14.4 Å². The smallest absolute Gasteiger partial charge is 0.326 e. The van der Waals surface area contributed by atoms with E-state index < -0.39 is 0 Å². The van der Waals surface area contributed by atoms with Gasteiger partial charge >= 0.3 is 5.69 Å². The Morgan fingerprint density at radius 3 is 2.64 bits per heavy atom. The van der Waals surface area contributed by atoms with Crippen LogP contribution in [0, 0.1) is 5.82 Å². The van der Waals surface area contributed by atoms with Gasteiger partial charge in [-0.25, -0.2) is 9.18 Å². The molecule has 42 heavy (non-hydrogen) atoms. The first kappa shape index (κ1) is 27.1. The van der Waals surface area contributed by atoms with E-state index in [4.69, 9.17) is 9.47 Å². The molecule has 4 heterocycles. The second-order valence-corrected chi connectivity index (χ2v) is 11.8. The summed E-state index contributed by atoms with van der Waals surface area (Å²) in [6.45, 7) is 9.40. The lowest BCUT2D eigenvalue weighted by atomic mass is 9.92. The maximum atomic E-state index is 14.1. The fourth-order valence-electron chi connectivity index (χ4n) is 6.83. The number of hydrogen-bond acceptors (Lipinski definition) is 5. The van der Waals surface area contributed by atoms with Crippen LogP contribution in [-0.4, -0.2) is 71.3 Å². The van der Waals surface area contributed by atoms with E-state index in [1.165, 1.54) is 12.1 Å². The summed E-state index contributed by atoms with van der Waals surface area (Å²) >= 11 is 0. The van der Waals surface area contributed by atoms with E-state index in [2.05, 4.69) is 46.0 Å².